The number of sulfonamides is 1. The minimum Gasteiger partial charge on any atom is -0.490 e. The first kappa shape index (κ1) is 16.0. The molecule has 128 valence electrons. The number of benzene rings is 1. The van der Waals surface area contributed by atoms with Gasteiger partial charge in [0.15, 0.2) is 11.5 Å². The van der Waals surface area contributed by atoms with E-state index >= 15 is 0 Å². The summed E-state index contributed by atoms with van der Waals surface area (Å²) in [7, 11) is -3.82. The fourth-order valence-electron chi connectivity index (χ4n) is 2.44. The molecule has 1 aliphatic rings. The fraction of sp³-hybridized carbons (Fsp3) is 0.176. The summed E-state index contributed by atoms with van der Waals surface area (Å²) in [5.74, 6) is 0.982. The van der Waals surface area contributed by atoms with E-state index in [2.05, 4.69) is 9.38 Å². The average molecular weight is 374 g/mol. The lowest BCUT2D eigenvalue weighted by Crippen LogP contribution is -1.99. The number of fused-ring (bicyclic) bond motifs is 2. The van der Waals surface area contributed by atoms with Crippen LogP contribution in [0.25, 0.3) is 10.2 Å². The van der Waals surface area contributed by atoms with Crippen molar-refractivity contribution in [2.75, 3.05) is 13.2 Å². The Labute approximate surface area is 148 Å². The highest BCUT2D eigenvalue weighted by Gasteiger charge is 2.17. The summed E-state index contributed by atoms with van der Waals surface area (Å²) >= 11 is 1.39. The predicted molar refractivity (Wildman–Crippen MR) is 96.4 cm³/mol. The van der Waals surface area contributed by atoms with E-state index in [1.165, 1.54) is 29.7 Å². The Balaban J connectivity index is 1.64. The van der Waals surface area contributed by atoms with Crippen molar-refractivity contribution in [1.82, 2.24) is 4.98 Å². The Morgan fingerprint density at radius 1 is 1.12 bits per heavy atom. The molecule has 1 aromatic carbocycles. The lowest BCUT2D eigenvalue weighted by Gasteiger charge is -2.08. The molecule has 0 spiro atoms. The van der Waals surface area contributed by atoms with Gasteiger partial charge in [-0.25, -0.2) is 4.98 Å². The van der Waals surface area contributed by atoms with Gasteiger partial charge >= 0.3 is 0 Å². The molecule has 0 saturated heterocycles. The van der Waals surface area contributed by atoms with Crippen LogP contribution in [0.2, 0.25) is 0 Å². The van der Waals surface area contributed by atoms with Crippen LogP contribution in [0.4, 0.5) is 0 Å². The van der Waals surface area contributed by atoms with Gasteiger partial charge < -0.3 is 9.47 Å². The SMILES string of the molecule is O=S(=O)(N=Cc1cc2cccnc2s1)c1ccc2c(c1)OCCCO2. The quantitative estimate of drug-likeness (QED) is 0.658. The van der Waals surface area contributed by atoms with Crippen molar-refractivity contribution < 1.29 is 17.9 Å². The van der Waals surface area contributed by atoms with E-state index in [1.807, 2.05) is 18.2 Å². The molecule has 6 nitrogen and oxygen atoms in total. The third-order valence-electron chi connectivity index (χ3n) is 3.65. The van der Waals surface area contributed by atoms with Gasteiger partial charge in [-0.15, -0.1) is 11.3 Å². The lowest BCUT2D eigenvalue weighted by atomic mass is 10.3. The van der Waals surface area contributed by atoms with Crippen LogP contribution in [-0.4, -0.2) is 32.8 Å². The maximum Gasteiger partial charge on any atom is 0.282 e. The molecule has 0 unspecified atom stereocenters. The van der Waals surface area contributed by atoms with E-state index in [1.54, 1.807) is 12.3 Å². The van der Waals surface area contributed by atoms with Gasteiger partial charge in [-0.05, 0) is 24.3 Å². The molecule has 4 rings (SSSR count). The normalized spacial score (nSPS) is 14.7. The van der Waals surface area contributed by atoms with Crippen molar-refractivity contribution in [3.8, 4) is 11.5 Å². The van der Waals surface area contributed by atoms with Gasteiger partial charge in [0.05, 0.1) is 24.3 Å². The van der Waals surface area contributed by atoms with E-state index in [9.17, 15) is 8.42 Å². The molecule has 0 atom stereocenters. The molecule has 0 saturated carbocycles. The highest BCUT2D eigenvalue weighted by Crippen LogP contribution is 2.32. The van der Waals surface area contributed by atoms with E-state index in [-0.39, 0.29) is 4.90 Å². The first-order valence-corrected chi connectivity index (χ1v) is 9.92. The Kier molecular flexibility index (Phi) is 4.14. The predicted octanol–water partition coefficient (Wildman–Crippen LogP) is 3.27. The number of pyridine rings is 1. The highest BCUT2D eigenvalue weighted by atomic mass is 32.2. The zero-order valence-corrected chi connectivity index (χ0v) is 14.7. The van der Waals surface area contributed by atoms with Gasteiger partial charge in [-0.3, -0.25) is 0 Å². The van der Waals surface area contributed by atoms with Crippen LogP contribution < -0.4 is 9.47 Å². The van der Waals surface area contributed by atoms with Crippen molar-refractivity contribution in [2.45, 2.75) is 11.3 Å². The minimum absolute atomic E-state index is 0.0761. The topological polar surface area (TPSA) is 77.9 Å². The summed E-state index contributed by atoms with van der Waals surface area (Å²) in [4.78, 5) is 5.89. The Hall–Kier alpha value is -2.45. The molecule has 0 amide bonds. The molecular formula is C17H14N2O4S2. The molecule has 3 aromatic rings. The van der Waals surface area contributed by atoms with E-state index in [0.717, 1.165) is 21.5 Å². The summed E-state index contributed by atoms with van der Waals surface area (Å²) in [5.41, 5.74) is 0. The standard InChI is InChI=1S/C17H14N2O4S2/c20-25(21,14-4-5-15-16(10-14)23-8-2-7-22-15)19-11-13-9-12-3-1-6-18-17(12)24-13/h1,3-6,9-11H,2,7-8H2. The largest absolute Gasteiger partial charge is 0.490 e. The minimum atomic E-state index is -3.82. The highest BCUT2D eigenvalue weighted by molar-refractivity contribution is 7.90. The molecule has 0 N–H and O–H groups in total. The molecule has 0 bridgehead atoms. The lowest BCUT2D eigenvalue weighted by molar-refractivity contribution is 0.297. The van der Waals surface area contributed by atoms with Crippen molar-refractivity contribution in [3.63, 3.8) is 0 Å². The smallest absolute Gasteiger partial charge is 0.282 e. The second-order valence-electron chi connectivity index (χ2n) is 5.42. The van der Waals surface area contributed by atoms with E-state index < -0.39 is 10.0 Å². The zero-order valence-electron chi connectivity index (χ0n) is 13.1. The van der Waals surface area contributed by atoms with E-state index in [4.69, 9.17) is 9.47 Å². The van der Waals surface area contributed by atoms with Crippen molar-refractivity contribution in [2.24, 2.45) is 4.40 Å². The van der Waals surface area contributed by atoms with Crippen LogP contribution >= 0.6 is 11.3 Å². The summed E-state index contributed by atoms with van der Waals surface area (Å²) < 4.78 is 39.8. The van der Waals surface area contributed by atoms with Gasteiger partial charge in [0.25, 0.3) is 10.0 Å². The van der Waals surface area contributed by atoms with Crippen LogP contribution in [0.3, 0.4) is 0 Å². The summed E-state index contributed by atoms with van der Waals surface area (Å²) in [6, 6.07) is 10.2. The zero-order chi connectivity index (χ0) is 17.3. The molecule has 0 radical (unpaired) electrons. The first-order valence-electron chi connectivity index (χ1n) is 7.66. The third-order valence-corrected chi connectivity index (χ3v) is 5.87. The molecule has 8 heteroatoms. The number of hydrogen-bond acceptors (Lipinski definition) is 6. The Morgan fingerprint density at radius 2 is 1.96 bits per heavy atom. The maximum absolute atomic E-state index is 12.5. The molecule has 0 fully saturated rings. The van der Waals surface area contributed by atoms with Crippen LogP contribution in [0, 0.1) is 0 Å². The average Bonchev–Trinajstić information content (AvgIpc) is 2.89. The number of ether oxygens (including phenoxy) is 2. The first-order chi connectivity index (χ1) is 12.1. The maximum atomic E-state index is 12.5. The number of nitrogens with zero attached hydrogens (tertiary/aromatic N) is 2. The Morgan fingerprint density at radius 3 is 2.80 bits per heavy atom. The molecular weight excluding hydrogens is 360 g/mol. The van der Waals surface area contributed by atoms with Gasteiger partial charge in [0, 0.05) is 28.9 Å². The molecule has 2 aromatic heterocycles. The van der Waals surface area contributed by atoms with E-state index in [0.29, 0.717) is 24.7 Å². The van der Waals surface area contributed by atoms with Crippen molar-refractivity contribution in [3.05, 3.63) is 47.5 Å². The van der Waals surface area contributed by atoms with Crippen molar-refractivity contribution in [1.29, 1.82) is 0 Å². The monoisotopic (exact) mass is 374 g/mol. The summed E-state index contributed by atoms with van der Waals surface area (Å²) in [6.07, 6.45) is 3.81. The number of rotatable bonds is 3. The van der Waals surface area contributed by atoms with Crippen LogP contribution in [0.15, 0.2) is 51.9 Å². The summed E-state index contributed by atoms with van der Waals surface area (Å²) in [6.45, 7) is 1.05. The second-order valence-corrected chi connectivity index (χ2v) is 8.11. The summed E-state index contributed by atoms with van der Waals surface area (Å²) in [5, 5.41) is 0.960. The van der Waals surface area contributed by atoms with Gasteiger partial charge in [-0.2, -0.15) is 12.8 Å². The van der Waals surface area contributed by atoms with Crippen LogP contribution in [0.5, 0.6) is 11.5 Å². The van der Waals surface area contributed by atoms with Crippen molar-refractivity contribution >= 4 is 37.8 Å². The number of aromatic nitrogens is 1. The Bertz CT molecular complexity index is 1020. The molecule has 3 heterocycles. The van der Waals surface area contributed by atoms with Gasteiger partial charge in [0.2, 0.25) is 0 Å². The molecule has 1 aliphatic heterocycles. The van der Waals surface area contributed by atoms with Crippen LogP contribution in [0.1, 0.15) is 11.3 Å². The molecule has 25 heavy (non-hydrogen) atoms. The number of thiophene rings is 1. The number of hydrogen-bond donors (Lipinski definition) is 0. The van der Waals surface area contributed by atoms with Crippen LogP contribution in [-0.2, 0) is 10.0 Å². The van der Waals surface area contributed by atoms with Gasteiger partial charge in [-0.1, -0.05) is 6.07 Å². The molecule has 0 aliphatic carbocycles. The third kappa shape index (κ3) is 3.35. The second kappa shape index (κ2) is 6.45. The fourth-order valence-corrected chi connectivity index (χ4v) is 4.25. The van der Waals surface area contributed by atoms with Gasteiger partial charge in [0.1, 0.15) is 4.83 Å².